The van der Waals surface area contributed by atoms with Crippen molar-refractivity contribution in [2.24, 2.45) is 0 Å². The number of benzene rings is 1. The van der Waals surface area contributed by atoms with Crippen LogP contribution < -0.4 is 0 Å². The highest BCUT2D eigenvalue weighted by atomic mass is 32.2. The number of thioether (sulfide) groups is 1. The van der Waals surface area contributed by atoms with Gasteiger partial charge in [-0.1, -0.05) is 57.2 Å². The largest absolute Gasteiger partial charge is 0.376 e. The second-order valence-corrected chi connectivity index (χ2v) is 8.53. The molecule has 1 fully saturated rings. The Kier molecular flexibility index (Phi) is 4.83. The van der Waals surface area contributed by atoms with Crippen molar-refractivity contribution < 1.29 is 5.11 Å². The summed E-state index contributed by atoms with van der Waals surface area (Å²) in [7, 11) is 0. The number of rotatable bonds is 1. The van der Waals surface area contributed by atoms with Crippen LogP contribution >= 0.6 is 11.8 Å². The van der Waals surface area contributed by atoms with Crippen molar-refractivity contribution in [3.63, 3.8) is 0 Å². The zero-order chi connectivity index (χ0) is 14.6. The first-order chi connectivity index (χ1) is 9.39. The van der Waals surface area contributed by atoms with E-state index in [-0.39, 0.29) is 10.00 Å². The third kappa shape index (κ3) is 4.30. The first-order valence-electron chi connectivity index (χ1n) is 7.37. The highest BCUT2D eigenvalue weighted by Gasteiger charge is 2.39. The van der Waals surface area contributed by atoms with E-state index in [4.69, 9.17) is 0 Å². The molecule has 2 rings (SSSR count). The Hall–Kier alpha value is -0.910. The SMILES string of the molecule is CC(C)(C)SC1CCCCC1(O)C#Cc1ccccc1. The van der Waals surface area contributed by atoms with Crippen molar-refractivity contribution in [2.75, 3.05) is 0 Å². The molecule has 1 nitrogen and oxygen atoms in total. The standard InChI is InChI=1S/C18H24OS/c1-17(2,3)20-16-11-7-8-13-18(16,19)14-12-15-9-5-4-6-10-15/h4-6,9-10,16,19H,7-8,11,13H2,1-3H3. The van der Waals surface area contributed by atoms with E-state index < -0.39 is 5.60 Å². The van der Waals surface area contributed by atoms with Gasteiger partial charge in [-0.25, -0.2) is 0 Å². The predicted octanol–water partition coefficient (Wildman–Crippen LogP) is 4.24. The third-order valence-electron chi connectivity index (χ3n) is 3.50. The van der Waals surface area contributed by atoms with Crippen molar-refractivity contribution in [1.82, 2.24) is 0 Å². The molecule has 0 radical (unpaired) electrons. The molecule has 1 saturated carbocycles. The fraction of sp³-hybridized carbons (Fsp3) is 0.556. The molecule has 108 valence electrons. The van der Waals surface area contributed by atoms with Crippen LogP contribution in [0.3, 0.4) is 0 Å². The molecule has 0 amide bonds. The Bertz CT molecular complexity index is 492. The molecular formula is C18H24OS. The van der Waals surface area contributed by atoms with Crippen LogP contribution in [0.5, 0.6) is 0 Å². The molecule has 0 bridgehead atoms. The number of hydrogen-bond acceptors (Lipinski definition) is 2. The van der Waals surface area contributed by atoms with Gasteiger partial charge in [0.15, 0.2) is 0 Å². The molecule has 0 saturated heterocycles. The van der Waals surface area contributed by atoms with Gasteiger partial charge in [0.25, 0.3) is 0 Å². The van der Waals surface area contributed by atoms with Gasteiger partial charge in [-0.2, -0.15) is 0 Å². The van der Waals surface area contributed by atoms with Crippen molar-refractivity contribution in [2.45, 2.75) is 62.1 Å². The molecular weight excluding hydrogens is 264 g/mol. The van der Waals surface area contributed by atoms with Gasteiger partial charge in [0, 0.05) is 15.6 Å². The average molecular weight is 288 g/mol. The van der Waals surface area contributed by atoms with Gasteiger partial charge < -0.3 is 5.11 Å². The van der Waals surface area contributed by atoms with E-state index in [1.54, 1.807) is 0 Å². The number of hydrogen-bond donors (Lipinski definition) is 1. The molecule has 0 aromatic heterocycles. The minimum absolute atomic E-state index is 0.157. The van der Waals surface area contributed by atoms with Crippen molar-refractivity contribution >= 4 is 11.8 Å². The maximum absolute atomic E-state index is 11.0. The van der Waals surface area contributed by atoms with Crippen LogP contribution in [0.25, 0.3) is 0 Å². The summed E-state index contributed by atoms with van der Waals surface area (Å²) in [5.74, 6) is 6.33. The Morgan fingerprint density at radius 1 is 1.20 bits per heavy atom. The Labute approximate surface area is 127 Å². The van der Waals surface area contributed by atoms with Gasteiger partial charge in [0.05, 0.1) is 0 Å². The van der Waals surface area contributed by atoms with Gasteiger partial charge in [-0.15, -0.1) is 11.8 Å². The van der Waals surface area contributed by atoms with Gasteiger partial charge in [0.1, 0.15) is 5.60 Å². The van der Waals surface area contributed by atoms with Crippen molar-refractivity contribution in [1.29, 1.82) is 0 Å². The summed E-state index contributed by atoms with van der Waals surface area (Å²) < 4.78 is 0.157. The summed E-state index contributed by atoms with van der Waals surface area (Å²) in [5, 5.41) is 11.2. The molecule has 0 heterocycles. The maximum atomic E-state index is 11.0. The molecule has 1 aromatic rings. The normalized spacial score (nSPS) is 26.7. The first kappa shape index (κ1) is 15.5. The van der Waals surface area contributed by atoms with E-state index in [0.29, 0.717) is 0 Å². The van der Waals surface area contributed by atoms with Crippen LogP contribution in [0, 0.1) is 11.8 Å². The summed E-state index contributed by atoms with van der Waals surface area (Å²) in [4.78, 5) is 0. The van der Waals surface area contributed by atoms with Crippen LogP contribution in [0.1, 0.15) is 52.0 Å². The molecule has 20 heavy (non-hydrogen) atoms. The Balaban J connectivity index is 2.19. The summed E-state index contributed by atoms with van der Waals surface area (Å²) in [6.07, 6.45) is 4.12. The lowest BCUT2D eigenvalue weighted by molar-refractivity contribution is 0.0673. The molecule has 0 spiro atoms. The predicted molar refractivity (Wildman–Crippen MR) is 87.9 cm³/mol. The van der Waals surface area contributed by atoms with E-state index in [0.717, 1.165) is 24.8 Å². The van der Waals surface area contributed by atoms with E-state index >= 15 is 0 Å². The lowest BCUT2D eigenvalue weighted by atomic mass is 9.84. The lowest BCUT2D eigenvalue weighted by Crippen LogP contribution is -2.43. The van der Waals surface area contributed by atoms with Gasteiger partial charge >= 0.3 is 0 Å². The average Bonchev–Trinajstić information content (AvgIpc) is 2.39. The zero-order valence-electron chi connectivity index (χ0n) is 12.6. The molecule has 1 aliphatic rings. The Morgan fingerprint density at radius 2 is 1.90 bits per heavy atom. The fourth-order valence-corrected chi connectivity index (χ4v) is 4.06. The molecule has 2 atom stereocenters. The monoisotopic (exact) mass is 288 g/mol. The highest BCUT2D eigenvalue weighted by molar-refractivity contribution is 8.01. The topological polar surface area (TPSA) is 20.2 Å². The summed E-state index contributed by atoms with van der Waals surface area (Å²) in [5.41, 5.74) is 0.137. The first-order valence-corrected chi connectivity index (χ1v) is 8.25. The van der Waals surface area contributed by atoms with Crippen LogP contribution in [-0.4, -0.2) is 20.7 Å². The second kappa shape index (κ2) is 6.24. The minimum Gasteiger partial charge on any atom is -0.376 e. The van der Waals surface area contributed by atoms with E-state index in [1.807, 2.05) is 42.1 Å². The molecule has 2 unspecified atom stereocenters. The molecule has 1 aliphatic carbocycles. The highest BCUT2D eigenvalue weighted by Crippen LogP contribution is 2.41. The summed E-state index contributed by atoms with van der Waals surface area (Å²) >= 11 is 1.87. The van der Waals surface area contributed by atoms with E-state index in [2.05, 4.69) is 32.6 Å². The number of aliphatic hydroxyl groups is 1. The Morgan fingerprint density at radius 3 is 2.55 bits per heavy atom. The van der Waals surface area contributed by atoms with Crippen molar-refractivity contribution in [3.05, 3.63) is 35.9 Å². The zero-order valence-corrected chi connectivity index (χ0v) is 13.5. The smallest absolute Gasteiger partial charge is 0.137 e. The van der Waals surface area contributed by atoms with E-state index in [1.165, 1.54) is 6.42 Å². The molecule has 1 N–H and O–H groups in total. The van der Waals surface area contributed by atoms with Gasteiger partial charge in [0.2, 0.25) is 0 Å². The summed E-state index contributed by atoms with van der Waals surface area (Å²) in [6.45, 7) is 6.62. The lowest BCUT2D eigenvalue weighted by Gasteiger charge is -2.39. The van der Waals surface area contributed by atoms with Gasteiger partial charge in [-0.3, -0.25) is 0 Å². The molecule has 1 aromatic carbocycles. The fourth-order valence-electron chi connectivity index (χ4n) is 2.55. The third-order valence-corrected chi connectivity index (χ3v) is 5.12. The van der Waals surface area contributed by atoms with Crippen LogP contribution in [-0.2, 0) is 0 Å². The van der Waals surface area contributed by atoms with Crippen LogP contribution in [0.15, 0.2) is 30.3 Å². The van der Waals surface area contributed by atoms with Crippen LogP contribution in [0.2, 0.25) is 0 Å². The summed E-state index contributed by atoms with van der Waals surface area (Å²) in [6, 6.07) is 9.93. The molecule has 2 heteroatoms. The maximum Gasteiger partial charge on any atom is 0.137 e. The van der Waals surface area contributed by atoms with Crippen molar-refractivity contribution in [3.8, 4) is 11.8 Å². The molecule has 0 aliphatic heterocycles. The van der Waals surface area contributed by atoms with E-state index in [9.17, 15) is 5.11 Å². The van der Waals surface area contributed by atoms with Crippen LogP contribution in [0.4, 0.5) is 0 Å². The second-order valence-electron chi connectivity index (χ2n) is 6.50. The quantitative estimate of drug-likeness (QED) is 0.780. The minimum atomic E-state index is -0.841. The van der Waals surface area contributed by atoms with Gasteiger partial charge in [-0.05, 0) is 31.4 Å².